The van der Waals surface area contributed by atoms with Gasteiger partial charge in [-0.2, -0.15) is 0 Å². The van der Waals surface area contributed by atoms with Gasteiger partial charge in [0.25, 0.3) is 5.91 Å². The average Bonchev–Trinajstić information content (AvgIpc) is 3.28. The molecule has 0 spiro atoms. The molecule has 33 heavy (non-hydrogen) atoms. The Hall–Kier alpha value is -3.38. The molecule has 170 valence electrons. The second-order valence-electron chi connectivity index (χ2n) is 8.30. The molecular formula is C26H27ClN4O2. The van der Waals surface area contributed by atoms with Gasteiger partial charge in [0.1, 0.15) is 5.15 Å². The number of nitrogens with zero attached hydrogens (tertiary/aromatic N) is 3. The Balaban J connectivity index is 1.41. The van der Waals surface area contributed by atoms with Crippen LogP contribution in [0.15, 0.2) is 72.8 Å². The van der Waals surface area contributed by atoms with Gasteiger partial charge in [-0.15, -0.1) is 0 Å². The SMILES string of the molecule is Cc1ccc(C(=O)N2CCC(NC(=O)N(Cc3ccccc3)Cc3ccccc3)C2)c(Cl)n1. The van der Waals surface area contributed by atoms with Crippen LogP contribution in [-0.2, 0) is 13.1 Å². The second-order valence-corrected chi connectivity index (χ2v) is 8.66. The molecule has 0 aliphatic carbocycles. The third-order valence-electron chi connectivity index (χ3n) is 5.74. The van der Waals surface area contributed by atoms with E-state index < -0.39 is 0 Å². The zero-order chi connectivity index (χ0) is 23.2. The quantitative estimate of drug-likeness (QED) is 0.541. The lowest BCUT2D eigenvalue weighted by atomic mass is 10.1. The van der Waals surface area contributed by atoms with E-state index in [2.05, 4.69) is 10.3 Å². The summed E-state index contributed by atoms with van der Waals surface area (Å²) in [5.41, 5.74) is 3.28. The van der Waals surface area contributed by atoms with Gasteiger partial charge >= 0.3 is 6.03 Å². The van der Waals surface area contributed by atoms with Crippen molar-refractivity contribution >= 4 is 23.5 Å². The first-order valence-electron chi connectivity index (χ1n) is 11.1. The van der Waals surface area contributed by atoms with Crippen LogP contribution in [0.1, 0.15) is 33.6 Å². The summed E-state index contributed by atoms with van der Waals surface area (Å²) in [7, 11) is 0. The van der Waals surface area contributed by atoms with Crippen LogP contribution in [0, 0.1) is 6.92 Å². The number of carbonyl (C=O) groups is 2. The molecule has 1 saturated heterocycles. The van der Waals surface area contributed by atoms with Gasteiger partial charge in [-0.05, 0) is 36.6 Å². The largest absolute Gasteiger partial charge is 0.336 e. The lowest BCUT2D eigenvalue weighted by Gasteiger charge is -2.26. The highest BCUT2D eigenvalue weighted by molar-refractivity contribution is 6.32. The lowest BCUT2D eigenvalue weighted by molar-refractivity contribution is 0.0788. The number of amides is 3. The van der Waals surface area contributed by atoms with Crippen molar-refractivity contribution in [3.05, 3.63) is 100 Å². The highest BCUT2D eigenvalue weighted by Gasteiger charge is 2.30. The number of hydrogen-bond acceptors (Lipinski definition) is 3. The Morgan fingerprint density at radius 3 is 2.18 bits per heavy atom. The number of benzene rings is 2. The van der Waals surface area contributed by atoms with Crippen molar-refractivity contribution in [1.82, 2.24) is 20.1 Å². The van der Waals surface area contributed by atoms with Gasteiger partial charge in [0, 0.05) is 37.9 Å². The van der Waals surface area contributed by atoms with Crippen LogP contribution in [0.5, 0.6) is 0 Å². The van der Waals surface area contributed by atoms with Crippen LogP contribution >= 0.6 is 11.6 Å². The fourth-order valence-electron chi connectivity index (χ4n) is 3.99. The minimum absolute atomic E-state index is 0.118. The average molecular weight is 463 g/mol. The first-order valence-corrected chi connectivity index (χ1v) is 11.4. The molecule has 1 aliphatic rings. The minimum atomic E-state index is -0.158. The molecule has 1 aliphatic heterocycles. The van der Waals surface area contributed by atoms with Gasteiger partial charge in [-0.25, -0.2) is 9.78 Å². The summed E-state index contributed by atoms with van der Waals surface area (Å²) in [6.45, 7) is 3.84. The third kappa shape index (κ3) is 5.90. The number of halogens is 1. The maximum atomic E-state index is 13.2. The van der Waals surface area contributed by atoms with Crippen molar-refractivity contribution in [2.24, 2.45) is 0 Å². The van der Waals surface area contributed by atoms with E-state index in [4.69, 9.17) is 11.6 Å². The molecule has 0 saturated carbocycles. The van der Waals surface area contributed by atoms with Crippen LogP contribution in [-0.4, -0.2) is 45.9 Å². The molecule has 7 heteroatoms. The standard InChI is InChI=1S/C26H27ClN4O2/c1-19-12-13-23(24(27)28-19)25(32)30-15-14-22(18-30)29-26(33)31(16-20-8-4-2-5-9-20)17-21-10-6-3-7-11-21/h2-13,22H,14-18H2,1H3,(H,29,33). The summed E-state index contributed by atoms with van der Waals surface area (Å²) >= 11 is 6.18. The van der Waals surface area contributed by atoms with Gasteiger partial charge < -0.3 is 15.1 Å². The molecule has 6 nitrogen and oxygen atoms in total. The molecule has 4 rings (SSSR count). The summed E-state index contributed by atoms with van der Waals surface area (Å²) in [6, 6.07) is 23.1. The number of carbonyl (C=O) groups excluding carboxylic acids is 2. The zero-order valence-corrected chi connectivity index (χ0v) is 19.3. The molecule has 2 heterocycles. The van der Waals surface area contributed by atoms with E-state index in [1.165, 1.54) is 0 Å². The highest BCUT2D eigenvalue weighted by atomic mass is 35.5. The first-order chi connectivity index (χ1) is 16.0. The number of aryl methyl sites for hydroxylation is 1. The predicted molar refractivity (Wildman–Crippen MR) is 129 cm³/mol. The zero-order valence-electron chi connectivity index (χ0n) is 18.6. The van der Waals surface area contributed by atoms with E-state index in [1.807, 2.05) is 67.6 Å². The number of nitrogens with one attached hydrogen (secondary N) is 1. The number of likely N-dealkylation sites (tertiary alicyclic amines) is 1. The van der Waals surface area contributed by atoms with Gasteiger partial charge in [-0.3, -0.25) is 4.79 Å². The van der Waals surface area contributed by atoms with Crippen LogP contribution in [0.2, 0.25) is 5.15 Å². The number of rotatable bonds is 6. The van der Waals surface area contributed by atoms with E-state index in [0.29, 0.717) is 38.2 Å². The van der Waals surface area contributed by atoms with Crippen molar-refractivity contribution in [2.45, 2.75) is 32.5 Å². The smallest absolute Gasteiger partial charge is 0.318 e. The van der Waals surface area contributed by atoms with Crippen LogP contribution < -0.4 is 5.32 Å². The van der Waals surface area contributed by atoms with E-state index in [-0.39, 0.29) is 23.1 Å². The topological polar surface area (TPSA) is 65.5 Å². The van der Waals surface area contributed by atoms with Gasteiger partial charge in [0.05, 0.1) is 5.56 Å². The molecule has 1 aromatic heterocycles. The molecule has 3 amide bonds. The summed E-state index contributed by atoms with van der Waals surface area (Å²) in [4.78, 5) is 33.8. The molecule has 1 unspecified atom stereocenters. The summed E-state index contributed by atoms with van der Waals surface area (Å²) < 4.78 is 0. The van der Waals surface area contributed by atoms with Crippen LogP contribution in [0.4, 0.5) is 4.79 Å². The maximum absolute atomic E-state index is 13.2. The molecular weight excluding hydrogens is 436 g/mol. The Labute approximate surface area is 199 Å². The van der Waals surface area contributed by atoms with Crippen molar-refractivity contribution in [3.63, 3.8) is 0 Å². The molecule has 2 aromatic carbocycles. The van der Waals surface area contributed by atoms with E-state index >= 15 is 0 Å². The van der Waals surface area contributed by atoms with E-state index in [9.17, 15) is 9.59 Å². The first kappa shape index (κ1) is 22.8. The number of hydrogen-bond donors (Lipinski definition) is 1. The minimum Gasteiger partial charge on any atom is -0.336 e. The third-order valence-corrected chi connectivity index (χ3v) is 6.03. The molecule has 1 fully saturated rings. The van der Waals surface area contributed by atoms with E-state index in [1.54, 1.807) is 21.9 Å². The van der Waals surface area contributed by atoms with Gasteiger partial charge in [0.2, 0.25) is 0 Å². The maximum Gasteiger partial charge on any atom is 0.318 e. The normalized spacial score (nSPS) is 15.3. The number of aromatic nitrogens is 1. The Morgan fingerprint density at radius 2 is 1.61 bits per heavy atom. The summed E-state index contributed by atoms with van der Waals surface area (Å²) in [6.07, 6.45) is 0.693. The van der Waals surface area contributed by atoms with Gasteiger partial charge in [-0.1, -0.05) is 72.3 Å². The lowest BCUT2D eigenvalue weighted by Crippen LogP contribution is -2.45. The fourth-order valence-corrected chi connectivity index (χ4v) is 4.27. The summed E-state index contributed by atoms with van der Waals surface area (Å²) in [5, 5.41) is 3.34. The Bertz CT molecular complexity index is 1070. The molecule has 1 N–H and O–H groups in total. The molecule has 0 bridgehead atoms. The molecule has 0 radical (unpaired) electrons. The van der Waals surface area contributed by atoms with Crippen LogP contribution in [0.3, 0.4) is 0 Å². The van der Waals surface area contributed by atoms with Gasteiger partial charge in [0.15, 0.2) is 0 Å². The monoisotopic (exact) mass is 462 g/mol. The Kier molecular flexibility index (Phi) is 7.25. The van der Waals surface area contributed by atoms with Crippen molar-refractivity contribution in [2.75, 3.05) is 13.1 Å². The van der Waals surface area contributed by atoms with Crippen LogP contribution in [0.25, 0.3) is 0 Å². The molecule has 3 aromatic rings. The van der Waals surface area contributed by atoms with Crippen molar-refractivity contribution in [1.29, 1.82) is 0 Å². The van der Waals surface area contributed by atoms with Crippen molar-refractivity contribution in [3.8, 4) is 0 Å². The fraction of sp³-hybridized carbons (Fsp3) is 0.269. The number of urea groups is 1. The second kappa shape index (κ2) is 10.5. The Morgan fingerprint density at radius 1 is 1.00 bits per heavy atom. The van der Waals surface area contributed by atoms with E-state index in [0.717, 1.165) is 16.8 Å². The highest BCUT2D eigenvalue weighted by Crippen LogP contribution is 2.20. The molecule has 1 atom stereocenters. The number of pyridine rings is 1. The summed E-state index contributed by atoms with van der Waals surface area (Å²) in [5.74, 6) is -0.158. The predicted octanol–water partition coefficient (Wildman–Crippen LogP) is 4.67. The van der Waals surface area contributed by atoms with Crippen molar-refractivity contribution < 1.29 is 9.59 Å².